The molecule has 0 fully saturated rings. The van der Waals surface area contributed by atoms with E-state index in [9.17, 15) is 9.59 Å². The molecule has 0 N–H and O–H groups in total. The van der Waals surface area contributed by atoms with E-state index in [1.807, 2.05) is 194 Å². The number of imidazole rings is 2. The van der Waals surface area contributed by atoms with Gasteiger partial charge >= 0.3 is 11.4 Å². The van der Waals surface area contributed by atoms with Crippen molar-refractivity contribution in [1.29, 1.82) is 0 Å². The van der Waals surface area contributed by atoms with Gasteiger partial charge in [0.1, 0.15) is 0 Å². The third-order valence-corrected chi connectivity index (χ3v) is 12.9. The van der Waals surface area contributed by atoms with Crippen molar-refractivity contribution in [1.82, 2.24) is 18.3 Å². The van der Waals surface area contributed by atoms with Crippen LogP contribution in [0.5, 0.6) is 0 Å². The maximum Gasteiger partial charge on any atom is 0.338 e. The van der Waals surface area contributed by atoms with Crippen molar-refractivity contribution in [3.05, 3.63) is 288 Å². The van der Waals surface area contributed by atoms with Gasteiger partial charge in [0.2, 0.25) is 0 Å². The zero-order valence-corrected chi connectivity index (χ0v) is 37.9. The number of anilines is 6. The second-order valence-corrected chi connectivity index (χ2v) is 17.0. The van der Waals surface area contributed by atoms with E-state index in [4.69, 9.17) is 0 Å². The fourth-order valence-corrected chi connectivity index (χ4v) is 9.61. The maximum absolute atomic E-state index is 14.5. The fraction of sp³-hybridized carbons (Fsp3) is 0. The molecule has 0 bridgehead atoms. The van der Waals surface area contributed by atoms with Crippen molar-refractivity contribution in [3.63, 3.8) is 0 Å². The van der Waals surface area contributed by atoms with Crippen LogP contribution in [0.15, 0.2) is 277 Å². The molecule has 10 aromatic carbocycles. The molecule has 0 spiro atoms. The lowest BCUT2D eigenvalue weighted by Crippen LogP contribution is -2.22. The standard InChI is InChI=1S/C62H44N6O2/c69-61-65(57-25-13-15-27-59(57)67(61)55-41-37-51(38-42-55)63(47-17-5-1-6-18-47)48-19-7-2-8-20-48)53-33-29-45(30-34-53)46-31-35-54(36-32-46)66-58-26-14-16-28-60(58)68(62(66)70)56-43-39-52(40-44-56)64(49-21-9-3-10-22-49)50-23-11-4-12-24-50/h1-44H. The number of benzene rings is 10. The lowest BCUT2D eigenvalue weighted by molar-refractivity contribution is 0.930. The first-order valence-corrected chi connectivity index (χ1v) is 23.3. The summed E-state index contributed by atoms with van der Waals surface area (Å²) in [6.07, 6.45) is 0. The van der Waals surface area contributed by atoms with Gasteiger partial charge in [-0.2, -0.15) is 0 Å². The lowest BCUT2D eigenvalue weighted by atomic mass is 10.0. The fourth-order valence-electron chi connectivity index (χ4n) is 9.61. The summed E-state index contributed by atoms with van der Waals surface area (Å²) < 4.78 is 7.10. The highest BCUT2D eigenvalue weighted by Gasteiger charge is 2.20. The van der Waals surface area contributed by atoms with Crippen LogP contribution in [0.3, 0.4) is 0 Å². The van der Waals surface area contributed by atoms with Crippen molar-refractivity contribution >= 4 is 56.2 Å². The normalized spacial score (nSPS) is 11.3. The van der Waals surface area contributed by atoms with Crippen LogP contribution in [0.4, 0.5) is 34.1 Å². The average molecular weight is 905 g/mol. The first kappa shape index (κ1) is 41.7. The van der Waals surface area contributed by atoms with Gasteiger partial charge in [0.15, 0.2) is 0 Å². The Morgan fingerprint density at radius 3 is 0.657 bits per heavy atom. The molecule has 70 heavy (non-hydrogen) atoms. The number of rotatable bonds is 11. The quantitative estimate of drug-likeness (QED) is 0.130. The Morgan fingerprint density at radius 2 is 0.414 bits per heavy atom. The van der Waals surface area contributed by atoms with E-state index >= 15 is 0 Å². The van der Waals surface area contributed by atoms with Gasteiger partial charge in [-0.1, -0.05) is 121 Å². The minimum atomic E-state index is -0.157. The largest absolute Gasteiger partial charge is 0.338 e. The molecule has 0 unspecified atom stereocenters. The van der Waals surface area contributed by atoms with Crippen molar-refractivity contribution in [2.24, 2.45) is 0 Å². The number of fused-ring (bicyclic) bond motifs is 2. The highest BCUT2D eigenvalue weighted by molar-refractivity contribution is 5.84. The summed E-state index contributed by atoms with van der Waals surface area (Å²) in [4.78, 5) is 33.5. The minimum absolute atomic E-state index is 0.157. The van der Waals surface area contributed by atoms with E-state index in [1.165, 1.54) is 0 Å². The molecule has 0 radical (unpaired) electrons. The predicted molar refractivity (Wildman–Crippen MR) is 286 cm³/mol. The maximum atomic E-state index is 14.5. The molecular formula is C62H44N6O2. The van der Waals surface area contributed by atoms with Crippen LogP contribution in [0, 0.1) is 0 Å². The zero-order chi connectivity index (χ0) is 47.0. The van der Waals surface area contributed by atoms with Crippen LogP contribution in [0.1, 0.15) is 0 Å². The Balaban J connectivity index is 0.835. The van der Waals surface area contributed by atoms with Gasteiger partial charge in [-0.3, -0.25) is 18.3 Å². The van der Waals surface area contributed by atoms with E-state index in [2.05, 4.69) is 82.6 Å². The molecule has 334 valence electrons. The SMILES string of the molecule is O=c1n(-c2ccc(-c3ccc(-n4c(=O)n(-c5ccc(N(c6ccccc6)c6ccccc6)cc5)c5ccccc54)cc3)cc2)c2ccccc2n1-c1ccc(N(c2ccccc2)c2ccccc2)cc1. The lowest BCUT2D eigenvalue weighted by Gasteiger charge is -2.25. The van der Waals surface area contributed by atoms with Crippen molar-refractivity contribution in [2.75, 3.05) is 9.80 Å². The van der Waals surface area contributed by atoms with Gasteiger partial charge in [-0.25, -0.2) is 9.59 Å². The van der Waals surface area contributed by atoms with Crippen molar-refractivity contribution < 1.29 is 0 Å². The molecule has 12 rings (SSSR count). The zero-order valence-electron chi connectivity index (χ0n) is 37.9. The van der Waals surface area contributed by atoms with Crippen LogP contribution in [0.25, 0.3) is 55.9 Å². The molecule has 2 heterocycles. The summed E-state index contributed by atoms with van der Waals surface area (Å²) in [5, 5.41) is 0. The Hall–Kier alpha value is -9.66. The molecule has 2 aromatic heterocycles. The number of para-hydroxylation sites is 8. The first-order chi connectivity index (χ1) is 34.6. The number of hydrogen-bond acceptors (Lipinski definition) is 4. The second kappa shape index (κ2) is 17.9. The summed E-state index contributed by atoms with van der Waals surface area (Å²) in [5.41, 5.74) is 14.1. The van der Waals surface area contributed by atoms with E-state index in [0.29, 0.717) is 0 Å². The van der Waals surface area contributed by atoms with E-state index in [0.717, 1.165) is 90.1 Å². The van der Waals surface area contributed by atoms with Gasteiger partial charge < -0.3 is 9.80 Å². The monoisotopic (exact) mass is 904 g/mol. The Labute approximate surface area is 404 Å². The molecule has 8 heteroatoms. The highest BCUT2D eigenvalue weighted by Crippen LogP contribution is 2.37. The number of aromatic nitrogens is 4. The Bertz CT molecular complexity index is 3540. The molecule has 0 atom stereocenters. The van der Waals surface area contributed by atoms with Crippen LogP contribution >= 0.6 is 0 Å². The second-order valence-electron chi connectivity index (χ2n) is 17.0. The summed E-state index contributed by atoms with van der Waals surface area (Å²) in [7, 11) is 0. The Kier molecular flexibility index (Phi) is 10.7. The molecule has 0 saturated carbocycles. The third-order valence-electron chi connectivity index (χ3n) is 12.9. The topological polar surface area (TPSA) is 60.3 Å². The first-order valence-electron chi connectivity index (χ1n) is 23.3. The van der Waals surface area contributed by atoms with Gasteiger partial charge in [0.05, 0.1) is 44.8 Å². The molecule has 0 aliphatic rings. The van der Waals surface area contributed by atoms with Crippen LogP contribution < -0.4 is 21.2 Å². The highest BCUT2D eigenvalue weighted by atomic mass is 16.2. The van der Waals surface area contributed by atoms with E-state index < -0.39 is 0 Å². The molecule has 0 aliphatic heterocycles. The van der Waals surface area contributed by atoms with E-state index in [-0.39, 0.29) is 11.4 Å². The molecular weight excluding hydrogens is 861 g/mol. The van der Waals surface area contributed by atoms with Gasteiger partial charge in [-0.05, 0) is 157 Å². The van der Waals surface area contributed by atoms with Crippen LogP contribution in [0.2, 0.25) is 0 Å². The molecule has 0 amide bonds. The minimum Gasteiger partial charge on any atom is -0.311 e. The summed E-state index contributed by atoms with van der Waals surface area (Å²) in [6, 6.07) is 89.3. The van der Waals surface area contributed by atoms with E-state index in [1.54, 1.807) is 18.3 Å². The number of nitrogens with zero attached hydrogens (tertiary/aromatic N) is 6. The average Bonchev–Trinajstić information content (AvgIpc) is 3.90. The van der Waals surface area contributed by atoms with Crippen LogP contribution in [-0.2, 0) is 0 Å². The van der Waals surface area contributed by atoms with Crippen molar-refractivity contribution in [2.45, 2.75) is 0 Å². The van der Waals surface area contributed by atoms with Gasteiger partial charge in [0, 0.05) is 34.1 Å². The molecule has 8 nitrogen and oxygen atoms in total. The summed E-state index contributed by atoms with van der Waals surface area (Å²) >= 11 is 0. The van der Waals surface area contributed by atoms with Crippen molar-refractivity contribution in [3.8, 4) is 33.9 Å². The van der Waals surface area contributed by atoms with Crippen LogP contribution in [-0.4, -0.2) is 18.3 Å². The summed E-state index contributed by atoms with van der Waals surface area (Å²) in [5.74, 6) is 0. The van der Waals surface area contributed by atoms with Gasteiger partial charge in [0.25, 0.3) is 0 Å². The molecule has 0 aliphatic carbocycles. The molecule has 12 aromatic rings. The number of hydrogen-bond donors (Lipinski definition) is 0. The Morgan fingerprint density at radius 1 is 0.214 bits per heavy atom. The predicted octanol–water partition coefficient (Wildman–Crippen LogP) is 14.5. The third kappa shape index (κ3) is 7.46. The summed E-state index contributed by atoms with van der Waals surface area (Å²) in [6.45, 7) is 0. The van der Waals surface area contributed by atoms with Gasteiger partial charge in [-0.15, -0.1) is 0 Å². The smallest absolute Gasteiger partial charge is 0.311 e. The molecule has 0 saturated heterocycles.